The molecule has 88 valence electrons. The van der Waals surface area contributed by atoms with E-state index in [0.29, 0.717) is 5.69 Å². The van der Waals surface area contributed by atoms with Crippen molar-refractivity contribution in [1.82, 2.24) is 4.90 Å². The topological polar surface area (TPSA) is 29.3 Å². The number of benzene rings is 1. The fourth-order valence-corrected chi connectivity index (χ4v) is 2.27. The molecule has 2 N–H and O–H groups in total. The molecule has 1 saturated heterocycles. The highest BCUT2D eigenvalue weighted by molar-refractivity contribution is 5.39. The van der Waals surface area contributed by atoms with Gasteiger partial charge in [0.1, 0.15) is 6.17 Å². The van der Waals surface area contributed by atoms with Crippen LogP contribution in [-0.4, -0.2) is 25.0 Å². The summed E-state index contributed by atoms with van der Waals surface area (Å²) >= 11 is 0. The van der Waals surface area contributed by atoms with Crippen molar-refractivity contribution in [1.29, 1.82) is 0 Å². The number of nitrogens with two attached hydrogens (primary N) is 1. The first kappa shape index (κ1) is 11.4. The van der Waals surface area contributed by atoms with E-state index in [0.717, 1.165) is 31.5 Å². The highest BCUT2D eigenvalue weighted by atomic mass is 19.1. The Morgan fingerprint density at radius 3 is 2.38 bits per heavy atom. The van der Waals surface area contributed by atoms with Crippen LogP contribution in [0.1, 0.15) is 24.6 Å². The maximum absolute atomic E-state index is 14.2. The van der Waals surface area contributed by atoms with E-state index < -0.39 is 6.17 Å². The Kier molecular flexibility index (Phi) is 3.44. The highest BCUT2D eigenvalue weighted by Crippen LogP contribution is 2.33. The minimum absolute atomic E-state index is 0.167. The third kappa shape index (κ3) is 2.53. The summed E-state index contributed by atoms with van der Waals surface area (Å²) in [5.74, 6) is 0.167. The Morgan fingerprint density at radius 2 is 1.81 bits per heavy atom. The van der Waals surface area contributed by atoms with Crippen molar-refractivity contribution in [2.24, 2.45) is 5.92 Å². The summed E-state index contributed by atoms with van der Waals surface area (Å²) in [5.41, 5.74) is 7.06. The standard InChI is InChI=1S/C13H19FN2/c1-16-8-6-11(7-9-16)13(14)10-2-4-12(15)5-3-10/h2-5,11,13H,6-9,15H2,1H3. The molecular formula is C13H19FN2. The van der Waals surface area contributed by atoms with E-state index in [1.165, 1.54) is 0 Å². The minimum Gasteiger partial charge on any atom is -0.399 e. The molecule has 2 rings (SSSR count). The molecule has 3 heteroatoms. The fraction of sp³-hybridized carbons (Fsp3) is 0.538. The lowest BCUT2D eigenvalue weighted by atomic mass is 9.88. The first-order valence-corrected chi connectivity index (χ1v) is 5.85. The summed E-state index contributed by atoms with van der Waals surface area (Å²) in [6.45, 7) is 2.00. The number of nitrogen functional groups attached to an aromatic ring is 1. The molecule has 1 fully saturated rings. The molecular weight excluding hydrogens is 203 g/mol. The first-order valence-electron chi connectivity index (χ1n) is 5.85. The van der Waals surface area contributed by atoms with Gasteiger partial charge in [-0.1, -0.05) is 12.1 Å². The summed E-state index contributed by atoms with van der Waals surface area (Å²) in [5, 5.41) is 0. The number of anilines is 1. The molecule has 0 radical (unpaired) electrons. The number of hydrogen-bond acceptors (Lipinski definition) is 2. The largest absolute Gasteiger partial charge is 0.399 e. The second-order valence-corrected chi connectivity index (χ2v) is 4.71. The molecule has 0 saturated carbocycles. The van der Waals surface area contributed by atoms with E-state index in [4.69, 9.17) is 5.73 Å². The zero-order valence-corrected chi connectivity index (χ0v) is 9.70. The van der Waals surface area contributed by atoms with Gasteiger partial charge < -0.3 is 10.6 Å². The molecule has 1 aromatic carbocycles. The average molecular weight is 222 g/mol. The summed E-state index contributed by atoms with van der Waals surface area (Å²) < 4.78 is 14.2. The molecule has 1 aromatic rings. The van der Waals surface area contributed by atoms with Crippen LogP contribution in [0.3, 0.4) is 0 Å². The van der Waals surface area contributed by atoms with Gasteiger partial charge in [-0.2, -0.15) is 0 Å². The van der Waals surface area contributed by atoms with Crippen LogP contribution in [0.5, 0.6) is 0 Å². The molecule has 1 unspecified atom stereocenters. The molecule has 0 bridgehead atoms. The van der Waals surface area contributed by atoms with E-state index in [1.807, 2.05) is 0 Å². The van der Waals surface area contributed by atoms with Crippen molar-refractivity contribution in [2.75, 3.05) is 25.9 Å². The number of halogens is 1. The molecule has 1 aliphatic rings. The molecule has 1 heterocycles. The second-order valence-electron chi connectivity index (χ2n) is 4.71. The summed E-state index contributed by atoms with van der Waals surface area (Å²) in [7, 11) is 2.09. The van der Waals surface area contributed by atoms with Crippen molar-refractivity contribution < 1.29 is 4.39 Å². The van der Waals surface area contributed by atoms with Gasteiger partial charge >= 0.3 is 0 Å². The Morgan fingerprint density at radius 1 is 1.25 bits per heavy atom. The van der Waals surface area contributed by atoms with Crippen LogP contribution in [-0.2, 0) is 0 Å². The van der Waals surface area contributed by atoms with E-state index in [-0.39, 0.29) is 5.92 Å². The van der Waals surface area contributed by atoms with Crippen LogP contribution in [0.15, 0.2) is 24.3 Å². The third-order valence-electron chi connectivity index (χ3n) is 3.43. The van der Waals surface area contributed by atoms with E-state index in [9.17, 15) is 4.39 Å². The first-order chi connectivity index (χ1) is 7.66. The predicted molar refractivity (Wildman–Crippen MR) is 64.9 cm³/mol. The van der Waals surface area contributed by atoms with Crippen LogP contribution in [0.4, 0.5) is 10.1 Å². The molecule has 0 aliphatic carbocycles. The Labute approximate surface area is 96.2 Å². The predicted octanol–water partition coefficient (Wildman–Crippen LogP) is 2.62. The minimum atomic E-state index is -0.839. The van der Waals surface area contributed by atoms with Crippen molar-refractivity contribution in [2.45, 2.75) is 19.0 Å². The number of hydrogen-bond donors (Lipinski definition) is 1. The van der Waals surface area contributed by atoms with Crippen LogP contribution < -0.4 is 5.73 Å². The van der Waals surface area contributed by atoms with Crippen LogP contribution in [0.25, 0.3) is 0 Å². The van der Waals surface area contributed by atoms with Crippen molar-refractivity contribution in [3.63, 3.8) is 0 Å². The van der Waals surface area contributed by atoms with Crippen LogP contribution in [0.2, 0.25) is 0 Å². The average Bonchev–Trinajstić information content (AvgIpc) is 2.30. The molecule has 0 spiro atoms. The number of likely N-dealkylation sites (tertiary alicyclic amines) is 1. The quantitative estimate of drug-likeness (QED) is 0.779. The normalized spacial score (nSPS) is 20.9. The maximum Gasteiger partial charge on any atom is 0.128 e. The summed E-state index contributed by atoms with van der Waals surface area (Å²) in [4.78, 5) is 2.26. The molecule has 1 atom stereocenters. The lowest BCUT2D eigenvalue weighted by molar-refractivity contribution is 0.137. The molecule has 16 heavy (non-hydrogen) atoms. The molecule has 0 amide bonds. The third-order valence-corrected chi connectivity index (χ3v) is 3.43. The number of alkyl halides is 1. The van der Waals surface area contributed by atoms with E-state index in [2.05, 4.69) is 11.9 Å². The molecule has 1 aliphatic heterocycles. The van der Waals surface area contributed by atoms with Gasteiger partial charge in [-0.15, -0.1) is 0 Å². The maximum atomic E-state index is 14.2. The van der Waals surface area contributed by atoms with Gasteiger partial charge in [-0.3, -0.25) is 0 Å². The lowest BCUT2D eigenvalue weighted by Gasteiger charge is -2.31. The highest BCUT2D eigenvalue weighted by Gasteiger charge is 2.26. The van der Waals surface area contributed by atoms with Gasteiger partial charge in [0.05, 0.1) is 0 Å². The SMILES string of the molecule is CN1CCC(C(F)c2ccc(N)cc2)CC1. The van der Waals surface area contributed by atoms with E-state index in [1.54, 1.807) is 24.3 Å². The Hall–Kier alpha value is -1.09. The Balaban J connectivity index is 2.01. The van der Waals surface area contributed by atoms with Crippen LogP contribution in [0, 0.1) is 5.92 Å². The zero-order valence-electron chi connectivity index (χ0n) is 9.70. The van der Waals surface area contributed by atoms with Crippen LogP contribution >= 0.6 is 0 Å². The lowest BCUT2D eigenvalue weighted by Crippen LogP contribution is -2.31. The number of nitrogens with zero attached hydrogens (tertiary/aromatic N) is 1. The van der Waals surface area contributed by atoms with Gasteiger partial charge in [0, 0.05) is 5.69 Å². The molecule has 0 aromatic heterocycles. The van der Waals surface area contributed by atoms with Gasteiger partial charge in [0.15, 0.2) is 0 Å². The van der Waals surface area contributed by atoms with Gasteiger partial charge in [0.25, 0.3) is 0 Å². The van der Waals surface area contributed by atoms with Crippen molar-refractivity contribution in [3.8, 4) is 0 Å². The summed E-state index contributed by atoms with van der Waals surface area (Å²) in [6, 6.07) is 7.16. The zero-order chi connectivity index (χ0) is 11.5. The van der Waals surface area contributed by atoms with Gasteiger partial charge in [0.2, 0.25) is 0 Å². The second kappa shape index (κ2) is 4.83. The Bertz CT molecular complexity index is 328. The monoisotopic (exact) mass is 222 g/mol. The number of piperidine rings is 1. The van der Waals surface area contributed by atoms with Crippen molar-refractivity contribution >= 4 is 5.69 Å². The van der Waals surface area contributed by atoms with Gasteiger partial charge in [-0.25, -0.2) is 4.39 Å². The van der Waals surface area contributed by atoms with E-state index >= 15 is 0 Å². The summed E-state index contributed by atoms with van der Waals surface area (Å²) in [6.07, 6.45) is 1.05. The fourth-order valence-electron chi connectivity index (χ4n) is 2.27. The smallest absolute Gasteiger partial charge is 0.128 e. The number of rotatable bonds is 2. The van der Waals surface area contributed by atoms with Crippen molar-refractivity contribution in [3.05, 3.63) is 29.8 Å². The molecule has 2 nitrogen and oxygen atoms in total. The van der Waals surface area contributed by atoms with Gasteiger partial charge in [-0.05, 0) is 56.6 Å².